The Morgan fingerprint density at radius 2 is 1.85 bits per heavy atom. The number of aromatic nitrogens is 3. The molecular formula is C24H38N6O3S. The summed E-state index contributed by atoms with van der Waals surface area (Å²) in [4.78, 5) is 21.2. The Morgan fingerprint density at radius 1 is 1.18 bits per heavy atom. The van der Waals surface area contributed by atoms with Gasteiger partial charge in [-0.1, -0.05) is 44.2 Å². The smallest absolute Gasteiger partial charge is 0.250 e. The highest BCUT2D eigenvalue weighted by Gasteiger charge is 2.41. The molecule has 1 aromatic heterocycles. The van der Waals surface area contributed by atoms with Crippen LogP contribution in [-0.2, 0) is 33.3 Å². The Balaban J connectivity index is 1.82. The molecule has 3 rings (SSSR count). The van der Waals surface area contributed by atoms with Gasteiger partial charge in [0, 0.05) is 7.05 Å². The molecule has 34 heavy (non-hydrogen) atoms. The molecule has 0 unspecified atom stereocenters. The van der Waals surface area contributed by atoms with E-state index in [4.69, 9.17) is 0 Å². The average molecular weight is 491 g/mol. The van der Waals surface area contributed by atoms with Crippen LogP contribution < -0.4 is 4.72 Å². The summed E-state index contributed by atoms with van der Waals surface area (Å²) >= 11 is 0. The molecule has 0 fully saturated rings. The van der Waals surface area contributed by atoms with Crippen molar-refractivity contribution in [1.29, 1.82) is 0 Å². The van der Waals surface area contributed by atoms with Gasteiger partial charge >= 0.3 is 0 Å². The molecule has 0 saturated carbocycles. The summed E-state index contributed by atoms with van der Waals surface area (Å²) in [6.07, 6.45) is 1.76. The predicted octanol–water partition coefficient (Wildman–Crippen LogP) is 2.31. The average Bonchev–Trinajstić information content (AvgIpc) is 3.24. The molecule has 0 aliphatic carbocycles. The number of rotatable bonds is 12. The lowest BCUT2D eigenvalue weighted by molar-refractivity contribution is -0.141. The Bertz CT molecular complexity index is 1060. The van der Waals surface area contributed by atoms with Crippen LogP contribution in [0.3, 0.4) is 0 Å². The highest BCUT2D eigenvalue weighted by molar-refractivity contribution is 7.89. The summed E-state index contributed by atoms with van der Waals surface area (Å²) in [6, 6.07) is 9.38. The highest BCUT2D eigenvalue weighted by atomic mass is 32.2. The summed E-state index contributed by atoms with van der Waals surface area (Å²) < 4.78 is 30.5. The Labute approximate surface area is 203 Å². The summed E-state index contributed by atoms with van der Waals surface area (Å²) in [6.45, 7) is 10.6. The number of carbonyl (C=O) groups excluding carboxylic acids is 1. The van der Waals surface area contributed by atoms with E-state index in [1.807, 2.05) is 44.2 Å². The lowest BCUT2D eigenvalue weighted by Crippen LogP contribution is -2.50. The van der Waals surface area contributed by atoms with Crippen LogP contribution in [0.15, 0.2) is 30.3 Å². The van der Waals surface area contributed by atoms with Gasteiger partial charge in [0.1, 0.15) is 11.4 Å². The lowest BCUT2D eigenvalue weighted by atomic mass is 10.0. The van der Waals surface area contributed by atoms with Gasteiger partial charge in [-0.15, -0.1) is 0 Å². The molecule has 1 aromatic carbocycles. The number of amides is 1. The van der Waals surface area contributed by atoms with Gasteiger partial charge in [-0.25, -0.2) is 22.8 Å². The minimum absolute atomic E-state index is 0.0470. The van der Waals surface area contributed by atoms with Gasteiger partial charge in [0.25, 0.3) is 0 Å². The van der Waals surface area contributed by atoms with Crippen molar-refractivity contribution in [1.82, 2.24) is 29.3 Å². The number of hydrogen-bond acceptors (Lipinski definition) is 6. The molecule has 2 aromatic rings. The summed E-state index contributed by atoms with van der Waals surface area (Å²) in [5, 5.41) is 4.64. The van der Waals surface area contributed by atoms with Crippen molar-refractivity contribution in [2.45, 2.75) is 65.1 Å². The molecule has 0 saturated heterocycles. The SMILES string of the molecule is CCN(CC)CCCS(=O)(=O)N[C@H](CCc1ccccc1)c1nc2n(n1)C(C)(C)C(=O)N(C)C2. The van der Waals surface area contributed by atoms with Gasteiger partial charge in [0.15, 0.2) is 5.82 Å². The zero-order valence-corrected chi connectivity index (χ0v) is 21.8. The summed E-state index contributed by atoms with van der Waals surface area (Å²) in [5.74, 6) is 1.07. The second-order valence-corrected chi connectivity index (χ2v) is 11.3. The van der Waals surface area contributed by atoms with Crippen LogP contribution in [0.4, 0.5) is 0 Å². The van der Waals surface area contributed by atoms with Gasteiger partial charge in [0.05, 0.1) is 18.3 Å². The van der Waals surface area contributed by atoms with Crippen molar-refractivity contribution in [3.8, 4) is 0 Å². The van der Waals surface area contributed by atoms with Crippen LogP contribution in [-0.4, -0.2) is 71.3 Å². The number of fused-ring (bicyclic) bond motifs is 1. The van der Waals surface area contributed by atoms with E-state index < -0.39 is 21.6 Å². The molecule has 1 atom stereocenters. The van der Waals surface area contributed by atoms with Crippen molar-refractivity contribution < 1.29 is 13.2 Å². The molecular weight excluding hydrogens is 452 g/mol. The predicted molar refractivity (Wildman–Crippen MR) is 133 cm³/mol. The van der Waals surface area contributed by atoms with E-state index in [1.54, 1.807) is 16.6 Å². The van der Waals surface area contributed by atoms with Gasteiger partial charge in [-0.2, -0.15) is 5.10 Å². The van der Waals surface area contributed by atoms with Crippen molar-refractivity contribution in [3.05, 3.63) is 47.5 Å². The molecule has 10 heteroatoms. The number of sulfonamides is 1. The monoisotopic (exact) mass is 490 g/mol. The Kier molecular flexibility index (Phi) is 8.48. The van der Waals surface area contributed by atoms with E-state index in [0.717, 1.165) is 25.2 Å². The second kappa shape index (κ2) is 11.0. The normalized spacial score (nSPS) is 16.6. The lowest BCUT2D eigenvalue weighted by Gasteiger charge is -2.35. The first kappa shape index (κ1) is 26.3. The first-order valence-electron chi connectivity index (χ1n) is 12.1. The second-order valence-electron chi connectivity index (χ2n) is 9.41. The molecule has 2 heterocycles. The minimum atomic E-state index is -3.54. The standard InChI is InChI=1S/C24H38N6O3S/c1-6-29(7-2)16-11-17-34(32,33)27-20(15-14-19-12-9-8-10-13-19)22-25-21-18-28(5)23(31)24(3,4)30(21)26-22/h8-10,12-13,20,27H,6-7,11,14-18H2,1-5H3/t20-/m1/s1. The number of carbonyl (C=O) groups is 1. The van der Waals surface area contributed by atoms with E-state index in [0.29, 0.717) is 37.5 Å². The molecule has 0 bridgehead atoms. The van der Waals surface area contributed by atoms with E-state index in [2.05, 4.69) is 33.6 Å². The van der Waals surface area contributed by atoms with Gasteiger partial charge in [-0.05, 0) is 58.3 Å². The fraction of sp³-hybridized carbons (Fsp3) is 0.625. The van der Waals surface area contributed by atoms with Gasteiger partial charge in [0.2, 0.25) is 15.9 Å². The topological polar surface area (TPSA) is 100 Å². The quantitative estimate of drug-likeness (QED) is 0.490. The van der Waals surface area contributed by atoms with Crippen molar-refractivity contribution in [2.24, 2.45) is 0 Å². The zero-order valence-electron chi connectivity index (χ0n) is 21.0. The van der Waals surface area contributed by atoms with Gasteiger partial charge < -0.3 is 9.80 Å². The maximum atomic E-state index is 13.0. The molecule has 1 amide bonds. The van der Waals surface area contributed by atoms with Crippen LogP contribution in [0, 0.1) is 0 Å². The highest BCUT2D eigenvalue weighted by Crippen LogP contribution is 2.28. The van der Waals surface area contributed by atoms with Crippen molar-refractivity contribution in [3.63, 3.8) is 0 Å². The number of nitrogens with one attached hydrogen (secondary N) is 1. The van der Waals surface area contributed by atoms with Crippen molar-refractivity contribution in [2.75, 3.05) is 32.4 Å². The number of aryl methyl sites for hydroxylation is 1. The number of hydrogen-bond donors (Lipinski definition) is 1. The number of likely N-dealkylation sites (N-methyl/N-ethyl adjacent to an activating group) is 1. The molecule has 1 aliphatic heterocycles. The summed E-state index contributed by atoms with van der Waals surface area (Å²) in [7, 11) is -1.80. The maximum absolute atomic E-state index is 13.0. The molecule has 0 spiro atoms. The van der Waals surface area contributed by atoms with Crippen molar-refractivity contribution >= 4 is 15.9 Å². The van der Waals surface area contributed by atoms with Gasteiger partial charge in [-0.3, -0.25) is 4.79 Å². The third-order valence-electron chi connectivity index (χ3n) is 6.45. The van der Waals surface area contributed by atoms with Crippen LogP contribution in [0.5, 0.6) is 0 Å². The first-order chi connectivity index (χ1) is 16.1. The Hall–Kier alpha value is -2.30. The zero-order chi connectivity index (χ0) is 24.9. The van der Waals surface area contributed by atoms with Crippen LogP contribution >= 0.6 is 0 Å². The van der Waals surface area contributed by atoms with Crippen LogP contribution in [0.1, 0.15) is 63.8 Å². The Morgan fingerprint density at radius 3 is 2.50 bits per heavy atom. The molecule has 188 valence electrons. The number of nitrogens with zero attached hydrogens (tertiary/aromatic N) is 5. The third-order valence-corrected chi connectivity index (χ3v) is 7.92. The first-order valence-corrected chi connectivity index (χ1v) is 13.7. The summed E-state index contributed by atoms with van der Waals surface area (Å²) in [5.41, 5.74) is 0.243. The molecule has 1 N–H and O–H groups in total. The molecule has 9 nitrogen and oxygen atoms in total. The van der Waals surface area contributed by atoms with E-state index in [1.165, 1.54) is 0 Å². The van der Waals surface area contributed by atoms with Crippen LogP contribution in [0.25, 0.3) is 0 Å². The number of benzene rings is 1. The van der Waals surface area contributed by atoms with E-state index in [9.17, 15) is 13.2 Å². The maximum Gasteiger partial charge on any atom is 0.250 e. The minimum Gasteiger partial charge on any atom is -0.336 e. The third kappa shape index (κ3) is 6.22. The largest absolute Gasteiger partial charge is 0.336 e. The van der Waals surface area contributed by atoms with E-state index >= 15 is 0 Å². The fourth-order valence-corrected chi connectivity index (χ4v) is 5.68. The van der Waals surface area contributed by atoms with E-state index in [-0.39, 0.29) is 11.7 Å². The van der Waals surface area contributed by atoms with Crippen LogP contribution in [0.2, 0.25) is 0 Å². The molecule has 0 radical (unpaired) electrons. The fourth-order valence-electron chi connectivity index (χ4n) is 4.39. The molecule has 1 aliphatic rings.